The van der Waals surface area contributed by atoms with Gasteiger partial charge in [0.1, 0.15) is 0 Å². The number of allylic oxidation sites excluding steroid dienone is 4. The van der Waals surface area contributed by atoms with Crippen molar-refractivity contribution >= 4 is 30.2 Å². The van der Waals surface area contributed by atoms with E-state index in [-0.39, 0.29) is 26.5 Å². The molecule has 0 fully saturated rings. The predicted molar refractivity (Wildman–Crippen MR) is 71.6 cm³/mol. The molecule has 1 aliphatic heterocycles. The summed E-state index contributed by atoms with van der Waals surface area (Å²) in [6.45, 7) is 0. The summed E-state index contributed by atoms with van der Waals surface area (Å²) in [6.07, 6.45) is 5.61. The van der Waals surface area contributed by atoms with Gasteiger partial charge in [0.2, 0.25) is 0 Å². The summed E-state index contributed by atoms with van der Waals surface area (Å²) in [5.41, 5.74) is 1.45. The summed E-state index contributed by atoms with van der Waals surface area (Å²) < 4.78 is 5.24. The van der Waals surface area contributed by atoms with E-state index in [0.29, 0.717) is 0 Å². The molecule has 1 aliphatic rings. The third-order valence-electron chi connectivity index (χ3n) is 1.98. The Morgan fingerprint density at radius 1 is 1.20 bits per heavy atom. The first kappa shape index (κ1) is 10.3. The Morgan fingerprint density at radius 2 is 2.00 bits per heavy atom. The van der Waals surface area contributed by atoms with E-state index in [1.807, 2.05) is 48.6 Å². The molecule has 2 rings (SSSR count). The molecule has 0 saturated carbocycles. The first-order chi connectivity index (χ1) is 7.38. The van der Waals surface area contributed by atoms with E-state index in [0.717, 1.165) is 11.1 Å². The van der Waals surface area contributed by atoms with Crippen LogP contribution in [0.25, 0.3) is 0 Å². The van der Waals surface area contributed by atoms with Crippen molar-refractivity contribution in [2.45, 2.75) is 0 Å². The van der Waals surface area contributed by atoms with Crippen LogP contribution in [0, 0.1) is 0 Å². The first-order valence-corrected chi connectivity index (χ1v) is 6.88. The van der Waals surface area contributed by atoms with E-state index in [2.05, 4.69) is 7.75 Å². The van der Waals surface area contributed by atoms with Gasteiger partial charge in [0.15, 0.2) is 5.78 Å². The van der Waals surface area contributed by atoms with Crippen molar-refractivity contribution in [3.8, 4) is 0 Å². The van der Waals surface area contributed by atoms with Crippen LogP contribution in [-0.4, -0.2) is 9.45 Å². The fourth-order valence-corrected chi connectivity index (χ4v) is 2.39. The van der Waals surface area contributed by atoms with Crippen LogP contribution in [0.4, 0.5) is 0 Å². The van der Waals surface area contributed by atoms with Crippen molar-refractivity contribution in [2.24, 2.45) is 0 Å². The first-order valence-electron chi connectivity index (χ1n) is 4.55. The van der Waals surface area contributed by atoms with Gasteiger partial charge >= 0.3 is 0 Å². The average molecular weight is 308 g/mol. The van der Waals surface area contributed by atoms with Crippen LogP contribution < -0.4 is 0 Å². The van der Waals surface area contributed by atoms with Crippen LogP contribution in [0.1, 0.15) is 10.4 Å². The largest absolute Gasteiger partial charge is 0.289 e. The Kier molecular flexibility index (Phi) is 3.43. The summed E-state index contributed by atoms with van der Waals surface area (Å²) in [4.78, 5) is 12.0. The highest BCUT2D eigenvalue weighted by Gasteiger charge is 2.08. The van der Waals surface area contributed by atoms with Crippen LogP contribution in [0.5, 0.6) is 0 Å². The second-order valence-electron chi connectivity index (χ2n) is 3.00. The minimum atomic E-state index is -0.126. The third-order valence-corrected chi connectivity index (χ3v) is 3.43. The van der Waals surface area contributed by atoms with E-state index < -0.39 is 0 Å². The monoisotopic (exact) mass is 308 g/mol. The fourth-order valence-electron chi connectivity index (χ4n) is 1.25. The molecule has 1 aromatic carbocycles. The molecule has 0 N–H and O–H groups in total. The van der Waals surface area contributed by atoms with Gasteiger partial charge in [-0.2, -0.15) is 0 Å². The number of rotatable bonds is 2. The molecular weight excluding hydrogens is 299 g/mol. The van der Waals surface area contributed by atoms with E-state index in [9.17, 15) is 4.79 Å². The van der Waals surface area contributed by atoms with Crippen molar-refractivity contribution in [3.05, 3.63) is 63.8 Å². The molecule has 0 radical (unpaired) electrons. The Balaban J connectivity index is 2.34. The summed E-state index contributed by atoms with van der Waals surface area (Å²) in [5.74, 6) is 0.0682. The number of carbonyl (C=O) groups excluding carboxylic acids is 1. The van der Waals surface area contributed by atoms with Gasteiger partial charge in [0, 0.05) is 11.1 Å². The molecule has 0 unspecified atom stereocenters. The highest BCUT2D eigenvalue weighted by molar-refractivity contribution is 14.2. The van der Waals surface area contributed by atoms with E-state index in [1.165, 1.54) is 0 Å². The number of hydrogen-bond donors (Lipinski definition) is 0. The smallest absolute Gasteiger partial charge is 0.193 e. The molecule has 15 heavy (non-hydrogen) atoms. The highest BCUT2D eigenvalue weighted by atomic mass is 127. The van der Waals surface area contributed by atoms with Crippen LogP contribution in [0.3, 0.4) is 0 Å². The van der Waals surface area contributed by atoms with Crippen molar-refractivity contribution < 1.29 is 4.79 Å². The molecule has 2 heteroatoms. The van der Waals surface area contributed by atoms with Crippen molar-refractivity contribution in [2.75, 3.05) is 0 Å². The summed E-state index contributed by atoms with van der Waals surface area (Å²) in [7, 11) is 0. The number of benzene rings is 1. The quantitative estimate of drug-likeness (QED) is 0.605. The Morgan fingerprint density at radius 3 is 2.80 bits per heavy atom. The molecule has 0 aliphatic carbocycles. The van der Waals surface area contributed by atoms with Crippen LogP contribution >= 0.6 is 20.7 Å². The molecular formula is C13H9IO. The van der Waals surface area contributed by atoms with Crippen molar-refractivity contribution in [1.82, 2.24) is 0 Å². The molecule has 1 nitrogen and oxygen atoms in total. The lowest BCUT2D eigenvalue weighted by molar-refractivity contribution is 0.103. The lowest BCUT2D eigenvalue weighted by Gasteiger charge is -1.99. The lowest BCUT2D eigenvalue weighted by Crippen LogP contribution is -2.00. The van der Waals surface area contributed by atoms with Gasteiger partial charge in [-0.05, 0) is 37.0 Å². The topological polar surface area (TPSA) is 17.1 Å². The highest BCUT2D eigenvalue weighted by Crippen LogP contribution is 2.12. The summed E-state index contributed by atoms with van der Waals surface area (Å²) in [6, 6.07) is 9.33. The molecule has 74 valence electrons. The van der Waals surface area contributed by atoms with Crippen molar-refractivity contribution in [1.29, 1.82) is 0 Å². The number of halogens is 1. The number of ketones is 1. The molecule has 0 aromatic heterocycles. The second-order valence-corrected chi connectivity index (χ2v) is 4.96. The minimum Gasteiger partial charge on any atom is -0.289 e. The fraction of sp³-hybridized carbons (Fsp3) is 0. The van der Waals surface area contributed by atoms with Gasteiger partial charge in [-0.1, -0.05) is 40.1 Å². The maximum atomic E-state index is 12.0. The standard InChI is InChI=1S/C13H9IO/c15-13(11-5-2-1-3-6-11)12-7-4-9-14-10-8-12/h1-9H. The molecule has 0 atom stereocenters. The van der Waals surface area contributed by atoms with Gasteiger partial charge in [-0.15, -0.1) is 0 Å². The van der Waals surface area contributed by atoms with E-state index in [4.69, 9.17) is 0 Å². The zero-order chi connectivity index (χ0) is 10.5. The Bertz CT molecular complexity index is 489. The second kappa shape index (κ2) is 5.01. The van der Waals surface area contributed by atoms with Crippen LogP contribution in [0.15, 0.2) is 58.2 Å². The van der Waals surface area contributed by atoms with Gasteiger partial charge in [0.05, 0.1) is 0 Å². The Hall–Kier alpha value is -1.25. The zero-order valence-corrected chi connectivity index (χ0v) is 10.1. The van der Waals surface area contributed by atoms with Crippen LogP contribution in [0.2, 0.25) is 0 Å². The number of carbonyl (C=O) groups is 1. The number of Topliss-reactive ketones (excluding diaryl/α,β-unsaturated/α-hetero) is 1. The maximum absolute atomic E-state index is 12.0. The van der Waals surface area contributed by atoms with Gasteiger partial charge in [0.25, 0.3) is 0 Å². The lowest BCUT2D eigenvalue weighted by atomic mass is 10.0. The SMILES string of the molecule is O=C(C1=CC=CI=C=C1)c1ccccc1. The molecule has 0 saturated heterocycles. The van der Waals surface area contributed by atoms with Gasteiger partial charge < -0.3 is 0 Å². The predicted octanol–water partition coefficient (Wildman–Crippen LogP) is 3.25. The van der Waals surface area contributed by atoms with Gasteiger partial charge in [-0.3, -0.25) is 4.79 Å². The molecule has 0 amide bonds. The Labute approximate surface area is 98.6 Å². The normalized spacial score (nSPS) is 14.0. The summed E-state index contributed by atoms with van der Waals surface area (Å²) in [5, 5.41) is 0. The average Bonchev–Trinajstić information content (AvgIpc) is 2.58. The van der Waals surface area contributed by atoms with Crippen molar-refractivity contribution in [3.63, 3.8) is 0 Å². The van der Waals surface area contributed by atoms with Gasteiger partial charge in [-0.25, -0.2) is 0 Å². The third kappa shape index (κ3) is 2.61. The number of hydrogen-bond acceptors (Lipinski definition) is 1. The van der Waals surface area contributed by atoms with E-state index >= 15 is 0 Å². The molecule has 1 aromatic rings. The maximum Gasteiger partial charge on any atom is 0.193 e. The van der Waals surface area contributed by atoms with E-state index in [1.54, 1.807) is 0 Å². The molecule has 0 bridgehead atoms. The molecule has 1 heterocycles. The molecule has 0 spiro atoms. The zero-order valence-electron chi connectivity index (χ0n) is 7.98. The summed E-state index contributed by atoms with van der Waals surface area (Å²) >= 11 is -0.126. The minimum absolute atomic E-state index is 0.0682. The van der Waals surface area contributed by atoms with Crippen LogP contribution in [-0.2, 0) is 0 Å².